The molecule has 0 spiro atoms. The Labute approximate surface area is 140 Å². The minimum absolute atomic E-state index is 0. The second-order valence-electron chi connectivity index (χ2n) is 6.36. The third kappa shape index (κ3) is 20.4. The molecule has 0 saturated heterocycles. The minimum Gasteiger partial charge on any atom is -0.550 e. The van der Waals surface area contributed by atoms with E-state index in [9.17, 15) is 14.7 Å². The summed E-state index contributed by atoms with van der Waals surface area (Å²) in [6.45, 7) is 8.54. The zero-order chi connectivity index (χ0) is 17.7. The molecule has 23 heavy (non-hydrogen) atoms. The highest BCUT2D eigenvalue weighted by molar-refractivity contribution is 5.67. The van der Waals surface area contributed by atoms with Gasteiger partial charge in [-0.1, -0.05) is 35.1 Å². The molecule has 0 aromatic carbocycles. The highest BCUT2D eigenvalue weighted by Crippen LogP contribution is 2.14. The van der Waals surface area contributed by atoms with Crippen LogP contribution in [0.5, 0.6) is 0 Å². The molecule has 0 heterocycles. The number of hydrogen-bond donors (Lipinski definition) is 2. The van der Waals surface area contributed by atoms with Crippen LogP contribution >= 0.6 is 0 Å². The molecule has 0 fully saturated rings. The molecule has 136 valence electrons. The number of aliphatic carboxylic acids is 2. The summed E-state index contributed by atoms with van der Waals surface area (Å²) in [6.07, 6.45) is 1.59. The Morgan fingerprint density at radius 2 is 1.61 bits per heavy atom. The zero-order valence-corrected chi connectivity index (χ0v) is 14.0. The Kier molecular flexibility index (Phi) is 17.5. The average molecular weight is 329 g/mol. The van der Waals surface area contributed by atoms with Crippen LogP contribution in [0.15, 0.2) is 0 Å². The largest absolute Gasteiger partial charge is 0.550 e. The number of hydrogen-bond acceptors (Lipinski definition) is 5. The summed E-state index contributed by atoms with van der Waals surface area (Å²) < 4.78 is 0. The van der Waals surface area contributed by atoms with Crippen LogP contribution in [-0.4, -0.2) is 23.6 Å². The van der Waals surface area contributed by atoms with Crippen molar-refractivity contribution in [3.8, 4) is 6.07 Å². The maximum atomic E-state index is 10.3. The molecular formula is C17H33N2O4-. The summed E-state index contributed by atoms with van der Waals surface area (Å²) in [5, 5.41) is 27.0. The van der Waals surface area contributed by atoms with Crippen molar-refractivity contribution in [1.29, 1.82) is 5.26 Å². The van der Waals surface area contributed by atoms with Crippen molar-refractivity contribution in [2.45, 2.75) is 60.8 Å². The summed E-state index contributed by atoms with van der Waals surface area (Å²) in [5.74, 6) is -1.24. The lowest BCUT2D eigenvalue weighted by molar-refractivity contribution is -0.306. The van der Waals surface area contributed by atoms with Gasteiger partial charge < -0.3 is 20.7 Å². The first-order valence-corrected chi connectivity index (χ1v) is 7.63. The monoisotopic (exact) mass is 329 g/mol. The first kappa shape index (κ1) is 26.3. The Balaban J connectivity index is -0.000000333. The Bertz CT molecular complexity index is 362. The SMILES string of the molecule is C.CC(C)C[C@H](C#N)CC(=O)[O-].CC(C)C[C@H](CN)CC(=O)O. The van der Waals surface area contributed by atoms with E-state index in [1.807, 2.05) is 19.9 Å². The number of carbonyl (C=O) groups is 2. The fourth-order valence-electron chi connectivity index (χ4n) is 2.13. The van der Waals surface area contributed by atoms with Crippen molar-refractivity contribution in [3.63, 3.8) is 0 Å². The lowest BCUT2D eigenvalue weighted by Crippen LogP contribution is -2.25. The van der Waals surface area contributed by atoms with E-state index in [4.69, 9.17) is 16.1 Å². The topological polar surface area (TPSA) is 127 Å². The fraction of sp³-hybridized carbons (Fsp3) is 0.824. The molecule has 0 unspecified atom stereocenters. The molecule has 0 saturated carbocycles. The van der Waals surface area contributed by atoms with E-state index in [0.717, 1.165) is 6.42 Å². The van der Waals surface area contributed by atoms with Gasteiger partial charge in [0.2, 0.25) is 0 Å². The number of nitrogens with zero attached hydrogens (tertiary/aromatic N) is 1. The molecule has 2 atom stereocenters. The van der Waals surface area contributed by atoms with Gasteiger partial charge in [0.05, 0.1) is 12.0 Å². The van der Waals surface area contributed by atoms with Crippen molar-refractivity contribution in [1.82, 2.24) is 0 Å². The number of carboxylic acids is 2. The van der Waals surface area contributed by atoms with Crippen LogP contribution in [0, 0.1) is 35.0 Å². The highest BCUT2D eigenvalue weighted by atomic mass is 16.4. The third-order valence-corrected chi connectivity index (χ3v) is 2.95. The van der Waals surface area contributed by atoms with Crippen LogP contribution in [0.25, 0.3) is 0 Å². The molecule has 3 N–H and O–H groups in total. The van der Waals surface area contributed by atoms with Crippen LogP contribution in [0.4, 0.5) is 0 Å². The maximum absolute atomic E-state index is 10.3. The molecular weight excluding hydrogens is 296 g/mol. The van der Waals surface area contributed by atoms with Crippen LogP contribution in [0.3, 0.4) is 0 Å². The number of nitrogens with two attached hydrogens (primary N) is 1. The van der Waals surface area contributed by atoms with Gasteiger partial charge in [0.15, 0.2) is 0 Å². The molecule has 6 heteroatoms. The van der Waals surface area contributed by atoms with E-state index in [2.05, 4.69) is 13.8 Å². The van der Waals surface area contributed by atoms with Crippen molar-refractivity contribution >= 4 is 11.9 Å². The lowest BCUT2D eigenvalue weighted by Gasteiger charge is -2.13. The van der Waals surface area contributed by atoms with Crippen molar-refractivity contribution in [3.05, 3.63) is 0 Å². The molecule has 6 nitrogen and oxygen atoms in total. The van der Waals surface area contributed by atoms with E-state index < -0.39 is 11.9 Å². The first-order valence-electron chi connectivity index (χ1n) is 7.63. The number of nitriles is 1. The predicted octanol–water partition coefficient (Wildman–Crippen LogP) is 2.03. The van der Waals surface area contributed by atoms with Gasteiger partial charge in [-0.05, 0) is 37.1 Å². The first-order chi connectivity index (χ1) is 10.1. The van der Waals surface area contributed by atoms with Gasteiger partial charge >= 0.3 is 5.97 Å². The molecule has 0 rings (SSSR count). The van der Waals surface area contributed by atoms with E-state index in [1.165, 1.54) is 0 Å². The normalized spacial score (nSPS) is 12.4. The molecule has 0 aliphatic rings. The van der Waals surface area contributed by atoms with E-state index in [0.29, 0.717) is 24.8 Å². The van der Waals surface area contributed by atoms with E-state index in [-0.39, 0.29) is 32.1 Å². The van der Waals surface area contributed by atoms with Crippen LogP contribution in [0.1, 0.15) is 60.8 Å². The predicted molar refractivity (Wildman–Crippen MR) is 89.2 cm³/mol. The maximum Gasteiger partial charge on any atom is 0.303 e. The van der Waals surface area contributed by atoms with Gasteiger partial charge in [0.25, 0.3) is 0 Å². The van der Waals surface area contributed by atoms with E-state index >= 15 is 0 Å². The lowest BCUT2D eigenvalue weighted by atomic mass is 9.94. The zero-order valence-electron chi connectivity index (χ0n) is 14.0. The number of carboxylic acid groups (broad SMARTS) is 2. The smallest absolute Gasteiger partial charge is 0.303 e. The second-order valence-corrected chi connectivity index (χ2v) is 6.36. The van der Waals surface area contributed by atoms with Crippen LogP contribution < -0.4 is 10.8 Å². The van der Waals surface area contributed by atoms with Crippen LogP contribution in [0.2, 0.25) is 0 Å². The quantitative estimate of drug-likeness (QED) is 0.666. The number of rotatable bonds is 9. The van der Waals surface area contributed by atoms with Crippen molar-refractivity contribution in [2.75, 3.05) is 6.54 Å². The molecule has 0 amide bonds. The Morgan fingerprint density at radius 3 is 1.87 bits per heavy atom. The van der Waals surface area contributed by atoms with Crippen LogP contribution in [-0.2, 0) is 9.59 Å². The van der Waals surface area contributed by atoms with Gasteiger partial charge in [0, 0.05) is 18.8 Å². The van der Waals surface area contributed by atoms with Crippen molar-refractivity contribution < 1.29 is 19.8 Å². The Morgan fingerprint density at radius 1 is 1.13 bits per heavy atom. The fourth-order valence-corrected chi connectivity index (χ4v) is 2.13. The summed E-state index contributed by atoms with van der Waals surface area (Å²) in [5.41, 5.74) is 5.41. The second kappa shape index (κ2) is 15.3. The summed E-state index contributed by atoms with van der Waals surface area (Å²) in [7, 11) is 0. The Hall–Kier alpha value is -1.61. The van der Waals surface area contributed by atoms with Gasteiger partial charge in [-0.2, -0.15) is 5.26 Å². The van der Waals surface area contributed by atoms with Crippen molar-refractivity contribution in [2.24, 2.45) is 29.4 Å². The minimum atomic E-state index is -1.14. The molecule has 0 bridgehead atoms. The molecule has 0 radical (unpaired) electrons. The van der Waals surface area contributed by atoms with Gasteiger partial charge in [-0.3, -0.25) is 4.79 Å². The average Bonchev–Trinajstić information content (AvgIpc) is 2.35. The standard InChI is InChI=1S/C8H17NO2.C8H13NO2.CH4/c2*1-6(2)3-7(5-9)4-8(10)11;/h6-7H,3-5,9H2,1-2H3,(H,10,11);6-7H,3-4H2,1-2H3,(H,10,11);1H4/p-1/t2*7-;/m00./s1. The summed E-state index contributed by atoms with van der Waals surface area (Å²) >= 11 is 0. The summed E-state index contributed by atoms with van der Waals surface area (Å²) in [4.78, 5) is 20.4. The molecule has 0 aliphatic carbocycles. The summed E-state index contributed by atoms with van der Waals surface area (Å²) in [6, 6.07) is 1.94. The van der Waals surface area contributed by atoms with E-state index in [1.54, 1.807) is 0 Å². The van der Waals surface area contributed by atoms with Gasteiger partial charge in [-0.25, -0.2) is 0 Å². The third-order valence-electron chi connectivity index (χ3n) is 2.95. The number of carbonyl (C=O) groups excluding carboxylic acids is 1. The van der Waals surface area contributed by atoms with Gasteiger partial charge in [-0.15, -0.1) is 0 Å². The molecule has 0 aromatic heterocycles. The molecule has 0 aromatic rings. The molecule has 0 aliphatic heterocycles. The van der Waals surface area contributed by atoms with Gasteiger partial charge in [0.1, 0.15) is 0 Å². The highest BCUT2D eigenvalue weighted by Gasteiger charge is 2.12.